The molecule has 1 N–H and O–H groups in total. The summed E-state index contributed by atoms with van der Waals surface area (Å²) in [5.41, 5.74) is 3.72. The molecule has 0 fully saturated rings. The van der Waals surface area contributed by atoms with Crippen molar-refractivity contribution < 1.29 is 18.7 Å². The number of hydrogen-bond donors (Lipinski definition) is 1. The van der Waals surface area contributed by atoms with Crippen molar-refractivity contribution in [3.63, 3.8) is 0 Å². The van der Waals surface area contributed by atoms with Crippen LogP contribution in [0, 0.1) is 0 Å². The van der Waals surface area contributed by atoms with E-state index in [0.29, 0.717) is 31.0 Å². The van der Waals surface area contributed by atoms with Crippen molar-refractivity contribution in [3.05, 3.63) is 64.3 Å². The normalized spacial score (nSPS) is 17.3. The zero-order valence-corrected chi connectivity index (χ0v) is 22.9. The van der Waals surface area contributed by atoms with Crippen LogP contribution in [0.1, 0.15) is 35.6 Å². The highest BCUT2D eigenvalue weighted by atomic mass is 79.9. The summed E-state index contributed by atoms with van der Waals surface area (Å²) < 4.78 is 28.5. The quantitative estimate of drug-likeness (QED) is 0.243. The first-order valence-corrected chi connectivity index (χ1v) is 16.0. The van der Waals surface area contributed by atoms with Crippen molar-refractivity contribution >= 4 is 35.8 Å². The Balaban J connectivity index is 1.66. The van der Waals surface area contributed by atoms with Crippen LogP contribution in [0.3, 0.4) is 0 Å². The predicted octanol–water partition coefficient (Wildman–Crippen LogP) is 6.74. The number of aromatic nitrogens is 3. The number of halogens is 2. The average molecular weight is 562 g/mol. The van der Waals surface area contributed by atoms with Gasteiger partial charge in [0.1, 0.15) is 18.7 Å². The standard InChI is InChI=1S/C25H30BrFN4O3Si/c1-33-25(32)30-18-7-5-16(6-8-18)22-14-29-24(31(22)15-34-9-10-35(2,3)4)20-12-21(27)19-11-17(26)13-28-23(19)20/h5-8,11,13-14,20-21H,9-10,12,15H2,1-4H3,(H,30,32). The Morgan fingerprint density at radius 3 is 2.66 bits per heavy atom. The van der Waals surface area contributed by atoms with Crippen molar-refractivity contribution in [2.45, 2.75) is 50.9 Å². The molecule has 7 nitrogen and oxygen atoms in total. The van der Waals surface area contributed by atoms with E-state index >= 15 is 0 Å². The number of carbonyl (C=O) groups excluding carboxylic acids is 1. The van der Waals surface area contributed by atoms with E-state index in [1.807, 2.05) is 16.7 Å². The molecule has 35 heavy (non-hydrogen) atoms. The second kappa shape index (κ2) is 10.6. The molecule has 1 amide bonds. The van der Waals surface area contributed by atoms with Crippen LogP contribution in [0.25, 0.3) is 11.3 Å². The molecule has 0 spiro atoms. The van der Waals surface area contributed by atoms with Gasteiger partial charge in [-0.05, 0) is 52.2 Å². The number of nitrogens with zero attached hydrogens (tertiary/aromatic N) is 3. The van der Waals surface area contributed by atoms with Gasteiger partial charge >= 0.3 is 6.09 Å². The SMILES string of the molecule is COC(=O)Nc1ccc(-c2cnc(C3CC(F)c4cc(Br)cnc43)n2COCC[Si](C)(C)C)cc1. The van der Waals surface area contributed by atoms with Gasteiger partial charge in [0.2, 0.25) is 0 Å². The summed E-state index contributed by atoms with van der Waals surface area (Å²) in [6, 6.07) is 10.3. The van der Waals surface area contributed by atoms with Crippen molar-refractivity contribution in [1.82, 2.24) is 14.5 Å². The molecule has 1 aliphatic carbocycles. The number of pyridine rings is 1. The number of benzene rings is 1. The van der Waals surface area contributed by atoms with Gasteiger partial charge in [0.25, 0.3) is 0 Å². The third-order valence-corrected chi connectivity index (χ3v) is 8.19. The first-order chi connectivity index (χ1) is 16.7. The molecule has 1 aromatic carbocycles. The summed E-state index contributed by atoms with van der Waals surface area (Å²) in [4.78, 5) is 20.8. The number of imidazole rings is 1. The van der Waals surface area contributed by atoms with Crippen LogP contribution in [0.5, 0.6) is 0 Å². The van der Waals surface area contributed by atoms with Crippen molar-refractivity contribution in [2.24, 2.45) is 0 Å². The van der Waals surface area contributed by atoms with E-state index < -0.39 is 20.3 Å². The first-order valence-electron chi connectivity index (χ1n) is 11.5. The zero-order valence-electron chi connectivity index (χ0n) is 20.3. The summed E-state index contributed by atoms with van der Waals surface area (Å²) in [5, 5.41) is 2.65. The fraction of sp³-hybridized carbons (Fsp3) is 0.400. The van der Waals surface area contributed by atoms with Gasteiger partial charge in [-0.25, -0.2) is 14.2 Å². The number of amides is 1. The van der Waals surface area contributed by atoms with Gasteiger partial charge in [-0.1, -0.05) is 31.8 Å². The van der Waals surface area contributed by atoms with Crippen LogP contribution in [0.4, 0.5) is 14.9 Å². The van der Waals surface area contributed by atoms with Gasteiger partial charge in [0.05, 0.1) is 30.6 Å². The number of rotatable bonds is 8. The predicted molar refractivity (Wildman–Crippen MR) is 140 cm³/mol. The Labute approximate surface area is 214 Å². The van der Waals surface area contributed by atoms with Crippen molar-refractivity contribution in [1.29, 1.82) is 0 Å². The topological polar surface area (TPSA) is 78.3 Å². The molecular formula is C25H30BrFN4O3Si. The van der Waals surface area contributed by atoms with E-state index in [2.05, 4.69) is 50.6 Å². The Morgan fingerprint density at radius 2 is 1.97 bits per heavy atom. The molecule has 0 saturated carbocycles. The lowest BCUT2D eigenvalue weighted by Gasteiger charge is -2.19. The van der Waals surface area contributed by atoms with Crippen LogP contribution < -0.4 is 5.32 Å². The van der Waals surface area contributed by atoms with E-state index in [4.69, 9.17) is 9.72 Å². The van der Waals surface area contributed by atoms with Crippen LogP contribution >= 0.6 is 15.9 Å². The summed E-state index contributed by atoms with van der Waals surface area (Å²) >= 11 is 3.40. The molecular weight excluding hydrogens is 531 g/mol. The Bertz CT molecular complexity index is 1200. The number of carbonyl (C=O) groups is 1. The zero-order chi connectivity index (χ0) is 25.2. The second-order valence-corrected chi connectivity index (χ2v) is 16.4. The van der Waals surface area contributed by atoms with Gasteiger partial charge in [-0.2, -0.15) is 0 Å². The maximum atomic E-state index is 14.9. The minimum Gasteiger partial charge on any atom is -0.453 e. The minimum atomic E-state index is -1.24. The van der Waals surface area contributed by atoms with E-state index in [1.54, 1.807) is 30.6 Å². The smallest absolute Gasteiger partial charge is 0.411 e. The molecule has 4 rings (SSSR count). The van der Waals surface area contributed by atoms with E-state index in [0.717, 1.165) is 33.3 Å². The molecule has 186 valence electrons. The molecule has 3 aromatic rings. The highest BCUT2D eigenvalue weighted by molar-refractivity contribution is 9.10. The fourth-order valence-electron chi connectivity index (χ4n) is 4.14. The van der Waals surface area contributed by atoms with Gasteiger partial charge in [-0.3, -0.25) is 10.3 Å². The minimum absolute atomic E-state index is 0.261. The lowest BCUT2D eigenvalue weighted by molar-refractivity contribution is 0.0855. The molecule has 2 unspecified atom stereocenters. The number of hydrogen-bond acceptors (Lipinski definition) is 5. The Hall–Kier alpha value is -2.56. The van der Waals surface area contributed by atoms with Crippen LogP contribution in [0.15, 0.2) is 47.2 Å². The number of alkyl halides is 1. The number of ether oxygens (including phenoxy) is 2. The summed E-state index contributed by atoms with van der Waals surface area (Å²) in [5.74, 6) is 0.476. The number of nitrogens with one attached hydrogen (secondary N) is 1. The molecule has 0 radical (unpaired) electrons. The molecule has 2 heterocycles. The fourth-order valence-corrected chi connectivity index (χ4v) is 5.25. The van der Waals surface area contributed by atoms with Crippen LogP contribution in [-0.4, -0.2) is 42.4 Å². The van der Waals surface area contributed by atoms with E-state index in [1.165, 1.54) is 7.11 Å². The van der Waals surface area contributed by atoms with E-state index in [9.17, 15) is 9.18 Å². The second-order valence-electron chi connectivity index (χ2n) is 9.86. The monoisotopic (exact) mass is 560 g/mol. The van der Waals surface area contributed by atoms with E-state index in [-0.39, 0.29) is 5.92 Å². The van der Waals surface area contributed by atoms with Crippen molar-refractivity contribution in [3.8, 4) is 11.3 Å². The Kier molecular flexibility index (Phi) is 7.73. The van der Waals surface area contributed by atoms with Gasteiger partial charge in [-0.15, -0.1) is 0 Å². The lowest BCUT2D eigenvalue weighted by Crippen LogP contribution is -2.22. The maximum Gasteiger partial charge on any atom is 0.411 e. The summed E-state index contributed by atoms with van der Waals surface area (Å²) in [6.07, 6.45) is 2.18. The number of fused-ring (bicyclic) bond motifs is 1. The number of anilines is 1. The molecule has 10 heteroatoms. The Morgan fingerprint density at radius 1 is 1.23 bits per heavy atom. The van der Waals surface area contributed by atoms with Crippen molar-refractivity contribution in [2.75, 3.05) is 19.0 Å². The van der Waals surface area contributed by atoms with Crippen LogP contribution in [0.2, 0.25) is 25.7 Å². The molecule has 1 aliphatic rings. The summed E-state index contributed by atoms with van der Waals surface area (Å²) in [6.45, 7) is 7.92. The lowest BCUT2D eigenvalue weighted by atomic mass is 10.1. The average Bonchev–Trinajstić information content (AvgIpc) is 3.37. The first kappa shape index (κ1) is 25.5. The molecule has 0 saturated heterocycles. The highest BCUT2D eigenvalue weighted by Crippen LogP contribution is 2.45. The van der Waals surface area contributed by atoms with Gasteiger partial charge in [0, 0.05) is 36.6 Å². The maximum absolute atomic E-state index is 14.9. The number of methoxy groups -OCH3 is 1. The highest BCUT2D eigenvalue weighted by Gasteiger charge is 2.36. The largest absolute Gasteiger partial charge is 0.453 e. The molecule has 0 bridgehead atoms. The third-order valence-electron chi connectivity index (χ3n) is 6.05. The summed E-state index contributed by atoms with van der Waals surface area (Å²) in [7, 11) is 0.0824. The molecule has 2 atom stereocenters. The van der Waals surface area contributed by atoms with Gasteiger partial charge in [0.15, 0.2) is 0 Å². The molecule has 0 aliphatic heterocycles. The third kappa shape index (κ3) is 5.99. The molecule has 2 aromatic heterocycles. The van der Waals surface area contributed by atoms with Crippen LogP contribution in [-0.2, 0) is 16.2 Å². The van der Waals surface area contributed by atoms with Gasteiger partial charge < -0.3 is 14.0 Å².